The lowest BCUT2D eigenvalue weighted by Gasteiger charge is -2.23. The molecule has 0 rings (SSSR count). The van der Waals surface area contributed by atoms with E-state index < -0.39 is 11.7 Å². The van der Waals surface area contributed by atoms with Crippen molar-refractivity contribution in [2.75, 3.05) is 27.7 Å². The van der Waals surface area contributed by atoms with Gasteiger partial charge in [-0.3, -0.25) is 4.79 Å². The molecule has 18 heavy (non-hydrogen) atoms. The van der Waals surface area contributed by atoms with Crippen molar-refractivity contribution in [3.05, 3.63) is 0 Å². The molecule has 0 saturated carbocycles. The molecule has 0 aliphatic rings. The molecule has 0 heterocycles. The molecule has 0 radical (unpaired) electrons. The summed E-state index contributed by atoms with van der Waals surface area (Å²) in [7, 11) is 5.10. The zero-order valence-corrected chi connectivity index (χ0v) is 12.3. The third kappa shape index (κ3) is 6.88. The van der Waals surface area contributed by atoms with E-state index in [0.29, 0.717) is 5.84 Å². The van der Waals surface area contributed by atoms with Gasteiger partial charge in [-0.15, -0.1) is 0 Å². The van der Waals surface area contributed by atoms with Crippen molar-refractivity contribution in [2.45, 2.75) is 33.3 Å². The summed E-state index contributed by atoms with van der Waals surface area (Å²) in [6, 6.07) is 0. The standard InChI is InChI=1S/C12H23N3O3/c1-9(14(5)6)13-10(16)8-15(7)11(17)18-12(2,3)4/h8H2,1-7H3. The van der Waals surface area contributed by atoms with E-state index in [4.69, 9.17) is 4.74 Å². The van der Waals surface area contributed by atoms with Gasteiger partial charge in [-0.05, 0) is 27.7 Å². The highest BCUT2D eigenvalue weighted by molar-refractivity contribution is 5.94. The van der Waals surface area contributed by atoms with E-state index in [9.17, 15) is 9.59 Å². The lowest BCUT2D eigenvalue weighted by molar-refractivity contribution is -0.118. The second kappa shape index (κ2) is 6.37. The molecule has 0 aromatic carbocycles. The van der Waals surface area contributed by atoms with Crippen LogP contribution in [0.2, 0.25) is 0 Å². The molecule has 0 aliphatic heterocycles. The number of hydrogen-bond donors (Lipinski definition) is 0. The van der Waals surface area contributed by atoms with E-state index in [2.05, 4.69) is 4.99 Å². The molecule has 0 saturated heterocycles. The van der Waals surface area contributed by atoms with E-state index in [1.54, 1.807) is 46.7 Å². The Morgan fingerprint density at radius 1 is 1.17 bits per heavy atom. The van der Waals surface area contributed by atoms with Gasteiger partial charge >= 0.3 is 6.09 Å². The van der Waals surface area contributed by atoms with Crippen molar-refractivity contribution in [1.82, 2.24) is 9.80 Å². The molecule has 0 spiro atoms. The van der Waals surface area contributed by atoms with Crippen LogP contribution in [0.15, 0.2) is 4.99 Å². The van der Waals surface area contributed by atoms with Gasteiger partial charge in [-0.1, -0.05) is 0 Å². The molecule has 0 fully saturated rings. The first-order valence-corrected chi connectivity index (χ1v) is 5.72. The maximum Gasteiger partial charge on any atom is 0.410 e. The maximum absolute atomic E-state index is 11.6. The van der Waals surface area contributed by atoms with Gasteiger partial charge in [0, 0.05) is 21.1 Å². The Hall–Kier alpha value is -1.59. The Morgan fingerprint density at radius 2 is 1.67 bits per heavy atom. The zero-order valence-electron chi connectivity index (χ0n) is 12.3. The van der Waals surface area contributed by atoms with Crippen LogP contribution in [0.4, 0.5) is 4.79 Å². The minimum absolute atomic E-state index is 0.0971. The molecule has 0 aromatic heterocycles. The van der Waals surface area contributed by atoms with Crippen LogP contribution in [0.3, 0.4) is 0 Å². The Labute approximate surface area is 109 Å². The van der Waals surface area contributed by atoms with Crippen LogP contribution >= 0.6 is 0 Å². The Kier molecular flexibility index (Phi) is 5.81. The molecular weight excluding hydrogens is 234 g/mol. The summed E-state index contributed by atoms with van der Waals surface area (Å²) in [6.07, 6.45) is -0.534. The predicted octanol–water partition coefficient (Wildman–Crippen LogP) is 1.36. The van der Waals surface area contributed by atoms with E-state index in [1.807, 2.05) is 0 Å². The van der Waals surface area contributed by atoms with E-state index in [1.165, 1.54) is 11.9 Å². The van der Waals surface area contributed by atoms with Crippen LogP contribution in [0, 0.1) is 0 Å². The van der Waals surface area contributed by atoms with Crippen LogP contribution in [0.5, 0.6) is 0 Å². The highest BCUT2D eigenvalue weighted by Crippen LogP contribution is 2.08. The average Bonchev–Trinajstić information content (AvgIpc) is 2.14. The van der Waals surface area contributed by atoms with Crippen LogP contribution in [-0.2, 0) is 9.53 Å². The number of carbonyl (C=O) groups excluding carboxylic acids is 2. The number of amides is 2. The first kappa shape index (κ1) is 16.4. The van der Waals surface area contributed by atoms with E-state index in [-0.39, 0.29) is 12.5 Å². The number of likely N-dealkylation sites (N-methyl/N-ethyl adjacent to an activating group) is 1. The number of amidine groups is 1. The molecule has 6 heteroatoms. The molecule has 0 unspecified atom stereocenters. The van der Waals surface area contributed by atoms with Crippen LogP contribution in [-0.4, -0.2) is 60.9 Å². The molecule has 0 bridgehead atoms. The summed E-state index contributed by atoms with van der Waals surface area (Å²) in [5.41, 5.74) is -0.572. The van der Waals surface area contributed by atoms with Gasteiger partial charge in [-0.2, -0.15) is 4.99 Å². The van der Waals surface area contributed by atoms with Gasteiger partial charge < -0.3 is 14.5 Å². The van der Waals surface area contributed by atoms with Gasteiger partial charge in [0.1, 0.15) is 18.0 Å². The van der Waals surface area contributed by atoms with Crippen molar-refractivity contribution < 1.29 is 14.3 Å². The summed E-state index contributed by atoms with van der Waals surface area (Å²) < 4.78 is 5.13. The molecule has 0 aliphatic carbocycles. The fourth-order valence-electron chi connectivity index (χ4n) is 0.923. The summed E-state index contributed by atoms with van der Waals surface area (Å²) in [4.78, 5) is 30.0. The first-order valence-electron chi connectivity index (χ1n) is 5.72. The van der Waals surface area contributed by atoms with Crippen molar-refractivity contribution in [3.63, 3.8) is 0 Å². The third-order valence-electron chi connectivity index (χ3n) is 2.01. The zero-order chi connectivity index (χ0) is 14.5. The molecule has 0 N–H and O–H groups in total. The maximum atomic E-state index is 11.6. The Balaban J connectivity index is 4.41. The van der Waals surface area contributed by atoms with Gasteiger partial charge in [0.05, 0.1) is 0 Å². The minimum atomic E-state index is -0.572. The topological polar surface area (TPSA) is 62.2 Å². The smallest absolute Gasteiger partial charge is 0.410 e. The normalized spacial score (nSPS) is 12.1. The number of rotatable bonds is 2. The van der Waals surface area contributed by atoms with Crippen molar-refractivity contribution in [1.29, 1.82) is 0 Å². The number of ether oxygens (including phenoxy) is 1. The van der Waals surface area contributed by atoms with Gasteiger partial charge in [0.25, 0.3) is 5.91 Å². The lowest BCUT2D eigenvalue weighted by atomic mass is 10.2. The highest BCUT2D eigenvalue weighted by Gasteiger charge is 2.20. The van der Waals surface area contributed by atoms with Crippen molar-refractivity contribution >= 4 is 17.8 Å². The number of carbonyl (C=O) groups is 2. The SMILES string of the molecule is CC(=NC(=O)CN(C)C(=O)OC(C)(C)C)N(C)C. The average molecular weight is 257 g/mol. The largest absolute Gasteiger partial charge is 0.444 e. The van der Waals surface area contributed by atoms with Crippen LogP contribution in [0.1, 0.15) is 27.7 Å². The van der Waals surface area contributed by atoms with Crippen molar-refractivity contribution in [3.8, 4) is 0 Å². The summed E-state index contributed by atoms with van der Waals surface area (Å²) in [5.74, 6) is 0.215. The first-order chi connectivity index (χ1) is 8.03. The van der Waals surface area contributed by atoms with Gasteiger partial charge in [0.15, 0.2) is 0 Å². The number of hydrogen-bond acceptors (Lipinski definition) is 3. The summed E-state index contributed by atoms with van der Waals surface area (Å²) in [6.45, 7) is 6.95. The van der Waals surface area contributed by atoms with Gasteiger partial charge in [-0.25, -0.2) is 4.79 Å². The van der Waals surface area contributed by atoms with E-state index in [0.717, 1.165) is 0 Å². The fourth-order valence-corrected chi connectivity index (χ4v) is 0.923. The minimum Gasteiger partial charge on any atom is -0.444 e. The summed E-state index contributed by atoms with van der Waals surface area (Å²) >= 11 is 0. The van der Waals surface area contributed by atoms with Crippen molar-refractivity contribution in [2.24, 2.45) is 4.99 Å². The molecule has 104 valence electrons. The lowest BCUT2D eigenvalue weighted by Crippen LogP contribution is -2.37. The molecule has 6 nitrogen and oxygen atoms in total. The van der Waals surface area contributed by atoms with Crippen LogP contribution in [0.25, 0.3) is 0 Å². The molecular formula is C12H23N3O3. The number of aliphatic imine (C=N–C) groups is 1. The Morgan fingerprint density at radius 3 is 2.06 bits per heavy atom. The monoisotopic (exact) mass is 257 g/mol. The molecule has 0 atom stereocenters. The molecule has 2 amide bonds. The van der Waals surface area contributed by atoms with Gasteiger partial charge in [0.2, 0.25) is 0 Å². The Bertz CT molecular complexity index is 343. The second-order valence-corrected chi connectivity index (χ2v) is 5.28. The quantitative estimate of drug-likeness (QED) is 0.553. The predicted molar refractivity (Wildman–Crippen MR) is 70.7 cm³/mol. The molecule has 0 aromatic rings. The second-order valence-electron chi connectivity index (χ2n) is 5.28. The van der Waals surface area contributed by atoms with Crippen LogP contribution < -0.4 is 0 Å². The third-order valence-corrected chi connectivity index (χ3v) is 2.01. The summed E-state index contributed by atoms with van der Waals surface area (Å²) in [5, 5.41) is 0. The van der Waals surface area contributed by atoms with E-state index >= 15 is 0 Å². The highest BCUT2D eigenvalue weighted by atomic mass is 16.6. The fraction of sp³-hybridized carbons (Fsp3) is 0.750. The number of nitrogens with zero attached hydrogens (tertiary/aromatic N) is 3.